The summed E-state index contributed by atoms with van der Waals surface area (Å²) in [6, 6.07) is 2.06. The first-order chi connectivity index (χ1) is 4.90. The summed E-state index contributed by atoms with van der Waals surface area (Å²) in [6.45, 7) is 0. The predicted octanol–water partition coefficient (Wildman–Crippen LogP) is 2.45. The third-order valence-corrected chi connectivity index (χ3v) is 2.08. The van der Waals surface area contributed by atoms with Gasteiger partial charge in [-0.1, -0.05) is 0 Å². The maximum atomic E-state index is 5.59. The Labute approximate surface area is 76.7 Å². The lowest BCUT2D eigenvalue weighted by Gasteiger charge is -1.81. The van der Waals surface area contributed by atoms with Crippen LogP contribution in [0.3, 0.4) is 0 Å². The molecule has 0 amide bonds. The zero-order valence-corrected chi connectivity index (χ0v) is 7.58. The van der Waals surface area contributed by atoms with Crippen LogP contribution in [0.25, 0.3) is 0 Å². The SMILES string of the molecule is Cl.ClCc1cc(C2CC2)n[nH]1. The zero-order chi connectivity index (χ0) is 6.97. The van der Waals surface area contributed by atoms with E-state index >= 15 is 0 Å². The number of alkyl halides is 1. The van der Waals surface area contributed by atoms with Crippen LogP contribution < -0.4 is 0 Å². The predicted molar refractivity (Wildman–Crippen MR) is 47.4 cm³/mol. The second-order valence-corrected chi connectivity index (χ2v) is 2.99. The van der Waals surface area contributed by atoms with Gasteiger partial charge in [0.2, 0.25) is 0 Å². The number of aromatic amines is 1. The summed E-state index contributed by atoms with van der Waals surface area (Å²) in [5.41, 5.74) is 2.22. The van der Waals surface area contributed by atoms with Crippen molar-refractivity contribution in [3.05, 3.63) is 17.5 Å². The van der Waals surface area contributed by atoms with Crippen molar-refractivity contribution in [1.29, 1.82) is 0 Å². The maximum Gasteiger partial charge on any atom is 0.0656 e. The normalized spacial score (nSPS) is 16.1. The molecule has 0 aliphatic heterocycles. The molecule has 0 unspecified atom stereocenters. The highest BCUT2D eigenvalue weighted by atomic mass is 35.5. The van der Waals surface area contributed by atoms with Crippen LogP contribution >= 0.6 is 24.0 Å². The third kappa shape index (κ3) is 1.88. The Morgan fingerprint density at radius 2 is 2.36 bits per heavy atom. The summed E-state index contributed by atoms with van der Waals surface area (Å²) < 4.78 is 0. The molecule has 1 aromatic rings. The van der Waals surface area contributed by atoms with Gasteiger partial charge in [0.25, 0.3) is 0 Å². The number of nitrogens with one attached hydrogen (secondary N) is 1. The van der Waals surface area contributed by atoms with Crippen molar-refractivity contribution < 1.29 is 0 Å². The molecule has 1 N–H and O–H groups in total. The van der Waals surface area contributed by atoms with E-state index in [4.69, 9.17) is 11.6 Å². The molecule has 1 aromatic heterocycles. The molecule has 4 heteroatoms. The molecule has 2 nitrogen and oxygen atoms in total. The number of halogens is 2. The molecule has 2 rings (SSSR count). The second kappa shape index (κ2) is 3.46. The largest absolute Gasteiger partial charge is 0.281 e. The van der Waals surface area contributed by atoms with Gasteiger partial charge in [-0.05, 0) is 18.9 Å². The lowest BCUT2D eigenvalue weighted by Crippen LogP contribution is -1.76. The maximum absolute atomic E-state index is 5.59. The van der Waals surface area contributed by atoms with Gasteiger partial charge in [0, 0.05) is 5.92 Å². The first-order valence-corrected chi connectivity index (χ1v) is 4.04. The van der Waals surface area contributed by atoms with Gasteiger partial charge in [-0.15, -0.1) is 24.0 Å². The van der Waals surface area contributed by atoms with Crippen molar-refractivity contribution in [1.82, 2.24) is 10.2 Å². The van der Waals surface area contributed by atoms with Gasteiger partial charge in [-0.3, -0.25) is 5.10 Å². The Morgan fingerprint density at radius 1 is 1.64 bits per heavy atom. The number of hydrogen-bond donors (Lipinski definition) is 1. The summed E-state index contributed by atoms with van der Waals surface area (Å²) in [5, 5.41) is 7.03. The molecule has 0 atom stereocenters. The molecule has 1 aliphatic rings. The summed E-state index contributed by atoms with van der Waals surface area (Å²) >= 11 is 5.59. The third-order valence-electron chi connectivity index (χ3n) is 1.79. The molecule has 62 valence electrons. The summed E-state index contributed by atoms with van der Waals surface area (Å²) in [7, 11) is 0. The quantitative estimate of drug-likeness (QED) is 0.718. The number of aromatic nitrogens is 2. The average Bonchev–Trinajstić information content (AvgIpc) is 2.70. The van der Waals surface area contributed by atoms with Crippen molar-refractivity contribution in [2.24, 2.45) is 0 Å². The van der Waals surface area contributed by atoms with E-state index in [2.05, 4.69) is 16.3 Å². The van der Waals surface area contributed by atoms with Crippen LogP contribution in [-0.4, -0.2) is 10.2 Å². The molecular weight excluding hydrogens is 183 g/mol. The Bertz CT molecular complexity index is 230. The van der Waals surface area contributed by atoms with E-state index in [-0.39, 0.29) is 12.4 Å². The van der Waals surface area contributed by atoms with Crippen LogP contribution in [0.4, 0.5) is 0 Å². The molecule has 1 aliphatic carbocycles. The van der Waals surface area contributed by atoms with Crippen LogP contribution in [-0.2, 0) is 5.88 Å². The Morgan fingerprint density at radius 3 is 2.82 bits per heavy atom. The standard InChI is InChI=1S/C7H9ClN2.ClH/c8-4-6-3-7(10-9-6)5-1-2-5;/h3,5H,1-2,4H2,(H,9,10);1H. The van der Waals surface area contributed by atoms with Crippen LogP contribution in [0, 0.1) is 0 Å². The molecule has 0 aromatic carbocycles. The monoisotopic (exact) mass is 192 g/mol. The number of nitrogens with zero attached hydrogens (tertiary/aromatic N) is 1. The lowest BCUT2D eigenvalue weighted by molar-refractivity contribution is 0.951. The summed E-state index contributed by atoms with van der Waals surface area (Å²) in [5.74, 6) is 1.27. The topological polar surface area (TPSA) is 28.7 Å². The molecule has 0 radical (unpaired) electrons. The van der Waals surface area contributed by atoms with E-state index < -0.39 is 0 Å². The highest BCUT2D eigenvalue weighted by molar-refractivity contribution is 6.16. The van der Waals surface area contributed by atoms with E-state index in [0.29, 0.717) is 5.88 Å². The van der Waals surface area contributed by atoms with Gasteiger partial charge in [0.15, 0.2) is 0 Å². The van der Waals surface area contributed by atoms with Gasteiger partial charge in [-0.25, -0.2) is 0 Å². The fourth-order valence-electron chi connectivity index (χ4n) is 1.04. The van der Waals surface area contributed by atoms with Crippen molar-refractivity contribution in [3.63, 3.8) is 0 Å². The first kappa shape index (κ1) is 8.88. The summed E-state index contributed by atoms with van der Waals surface area (Å²) in [6.07, 6.45) is 2.60. The molecule has 1 heterocycles. The Kier molecular flexibility index (Phi) is 2.79. The van der Waals surface area contributed by atoms with Gasteiger partial charge in [-0.2, -0.15) is 5.10 Å². The first-order valence-electron chi connectivity index (χ1n) is 3.50. The minimum atomic E-state index is 0. The average molecular weight is 193 g/mol. The van der Waals surface area contributed by atoms with Gasteiger partial charge >= 0.3 is 0 Å². The van der Waals surface area contributed by atoms with Crippen molar-refractivity contribution in [2.45, 2.75) is 24.6 Å². The van der Waals surface area contributed by atoms with E-state index in [9.17, 15) is 0 Å². The number of H-pyrrole nitrogens is 1. The molecule has 1 fully saturated rings. The minimum Gasteiger partial charge on any atom is -0.281 e. The van der Waals surface area contributed by atoms with Gasteiger partial charge < -0.3 is 0 Å². The molecule has 11 heavy (non-hydrogen) atoms. The fourth-order valence-corrected chi connectivity index (χ4v) is 1.17. The Balaban J connectivity index is 0.000000605. The van der Waals surface area contributed by atoms with E-state index in [0.717, 1.165) is 11.6 Å². The fraction of sp³-hybridized carbons (Fsp3) is 0.571. The summed E-state index contributed by atoms with van der Waals surface area (Å²) in [4.78, 5) is 0. The highest BCUT2D eigenvalue weighted by Gasteiger charge is 2.25. The lowest BCUT2D eigenvalue weighted by atomic mass is 10.3. The Hall–Kier alpha value is -0.210. The number of rotatable bonds is 2. The number of hydrogen-bond acceptors (Lipinski definition) is 1. The van der Waals surface area contributed by atoms with Crippen LogP contribution in [0.1, 0.15) is 30.1 Å². The zero-order valence-electron chi connectivity index (χ0n) is 6.01. The molecular formula is C7H10Cl2N2. The van der Waals surface area contributed by atoms with Crippen molar-refractivity contribution in [3.8, 4) is 0 Å². The van der Waals surface area contributed by atoms with Gasteiger partial charge in [0.05, 0.1) is 17.3 Å². The minimum absolute atomic E-state index is 0. The van der Waals surface area contributed by atoms with Crippen LogP contribution in [0.15, 0.2) is 6.07 Å². The van der Waals surface area contributed by atoms with E-state index in [1.165, 1.54) is 18.5 Å². The smallest absolute Gasteiger partial charge is 0.0656 e. The molecule has 1 saturated carbocycles. The molecule has 0 bridgehead atoms. The van der Waals surface area contributed by atoms with Gasteiger partial charge in [0.1, 0.15) is 0 Å². The molecule has 0 saturated heterocycles. The highest BCUT2D eigenvalue weighted by Crippen LogP contribution is 2.38. The van der Waals surface area contributed by atoms with Crippen LogP contribution in [0.5, 0.6) is 0 Å². The van der Waals surface area contributed by atoms with Crippen molar-refractivity contribution >= 4 is 24.0 Å². The van der Waals surface area contributed by atoms with E-state index in [1.54, 1.807) is 0 Å². The van der Waals surface area contributed by atoms with Crippen molar-refractivity contribution in [2.75, 3.05) is 0 Å². The molecule has 0 spiro atoms. The second-order valence-electron chi connectivity index (χ2n) is 2.73. The van der Waals surface area contributed by atoms with E-state index in [1.807, 2.05) is 0 Å². The van der Waals surface area contributed by atoms with Crippen LogP contribution in [0.2, 0.25) is 0 Å².